The number of nitrogens with zero attached hydrogens (tertiary/aromatic N) is 2. The molecule has 0 amide bonds. The highest BCUT2D eigenvalue weighted by Crippen LogP contribution is 2.27. The van der Waals surface area contributed by atoms with Crippen molar-refractivity contribution in [3.63, 3.8) is 0 Å². The summed E-state index contributed by atoms with van der Waals surface area (Å²) in [5.74, 6) is 0.350. The van der Waals surface area contributed by atoms with Crippen LogP contribution < -0.4 is 10.0 Å². The highest BCUT2D eigenvalue weighted by Gasteiger charge is 2.12. The molecule has 2 heterocycles. The number of ketones is 1. The fraction of sp³-hybridized carbons (Fsp3) is 0.533. The van der Waals surface area contributed by atoms with E-state index in [9.17, 15) is 13.2 Å². The number of thiophene rings is 1. The smallest absolute Gasteiger partial charge is 0.208 e. The third-order valence-electron chi connectivity index (χ3n) is 3.21. The van der Waals surface area contributed by atoms with Crippen LogP contribution in [0.5, 0.6) is 0 Å². The second-order valence-electron chi connectivity index (χ2n) is 5.55. The molecule has 0 spiro atoms. The molecule has 7 nitrogen and oxygen atoms in total. The van der Waals surface area contributed by atoms with Crippen molar-refractivity contribution >= 4 is 55.4 Å². The summed E-state index contributed by atoms with van der Waals surface area (Å²) in [5.41, 5.74) is 0. The zero-order chi connectivity index (χ0) is 19.0. The van der Waals surface area contributed by atoms with Crippen LogP contribution >= 0.6 is 34.4 Å². The first kappa shape index (κ1) is 21.3. The van der Waals surface area contributed by atoms with Crippen molar-refractivity contribution < 1.29 is 13.2 Å². The predicted octanol–water partition coefficient (Wildman–Crippen LogP) is 2.88. The van der Waals surface area contributed by atoms with Gasteiger partial charge in [-0.05, 0) is 25.0 Å². The van der Waals surface area contributed by atoms with Gasteiger partial charge < -0.3 is 5.32 Å². The van der Waals surface area contributed by atoms with Gasteiger partial charge in [0.15, 0.2) is 10.1 Å². The number of Topliss-reactive ketones (excluding diaryl/α,β-unsaturated/α-hetero) is 1. The van der Waals surface area contributed by atoms with Crippen molar-refractivity contribution in [3.8, 4) is 0 Å². The second kappa shape index (κ2) is 10.4. The molecule has 0 saturated carbocycles. The quantitative estimate of drug-likeness (QED) is 0.301. The van der Waals surface area contributed by atoms with Crippen molar-refractivity contribution in [1.82, 2.24) is 14.9 Å². The molecule has 0 aliphatic heterocycles. The van der Waals surface area contributed by atoms with Crippen molar-refractivity contribution in [3.05, 3.63) is 21.9 Å². The Bertz CT molecular complexity index is 816. The second-order valence-corrected chi connectivity index (χ2v) is 10.7. The van der Waals surface area contributed by atoms with Crippen LogP contribution in [0.3, 0.4) is 0 Å². The van der Waals surface area contributed by atoms with Gasteiger partial charge in [0.2, 0.25) is 15.2 Å². The molecular formula is C15H22N4O3S4. The number of rotatable bonds is 12. The third kappa shape index (κ3) is 7.70. The number of unbranched alkanes of at least 4 members (excludes halogenated alkanes) is 1. The summed E-state index contributed by atoms with van der Waals surface area (Å²) in [7, 11) is -3.18. The van der Waals surface area contributed by atoms with Crippen LogP contribution in [0.4, 0.5) is 5.13 Å². The van der Waals surface area contributed by atoms with Gasteiger partial charge in [0.05, 0.1) is 16.9 Å². The van der Waals surface area contributed by atoms with E-state index >= 15 is 0 Å². The average molecular weight is 435 g/mol. The van der Waals surface area contributed by atoms with Gasteiger partial charge in [0, 0.05) is 18.0 Å². The van der Waals surface area contributed by atoms with Crippen LogP contribution in [0.2, 0.25) is 0 Å². The molecule has 0 aliphatic rings. The summed E-state index contributed by atoms with van der Waals surface area (Å²) in [6.45, 7) is 3.34. The van der Waals surface area contributed by atoms with E-state index in [1.54, 1.807) is 6.07 Å². The van der Waals surface area contributed by atoms with E-state index in [1.165, 1.54) is 34.4 Å². The largest absolute Gasteiger partial charge is 0.360 e. The number of anilines is 1. The molecule has 0 bridgehead atoms. The first-order chi connectivity index (χ1) is 12.4. The number of carbonyl (C=O) groups excluding carboxylic acids is 1. The van der Waals surface area contributed by atoms with Gasteiger partial charge in [-0.15, -0.1) is 21.5 Å². The Kier molecular flexibility index (Phi) is 8.48. The summed E-state index contributed by atoms with van der Waals surface area (Å²) in [6, 6.07) is 3.66. The lowest BCUT2D eigenvalue weighted by atomic mass is 10.3. The summed E-state index contributed by atoms with van der Waals surface area (Å²) < 4.78 is 25.3. The number of carbonyl (C=O) groups is 1. The Morgan fingerprint density at radius 2 is 2.04 bits per heavy atom. The Morgan fingerprint density at radius 3 is 2.77 bits per heavy atom. The molecule has 0 fully saturated rings. The number of nitrogens with one attached hydrogen (secondary N) is 2. The minimum absolute atomic E-state index is 0.0398. The maximum absolute atomic E-state index is 12.3. The number of aromatic nitrogens is 2. The maximum atomic E-state index is 12.3. The Morgan fingerprint density at radius 1 is 1.23 bits per heavy atom. The van der Waals surface area contributed by atoms with Gasteiger partial charge in [-0.2, -0.15) is 0 Å². The van der Waals surface area contributed by atoms with Crippen molar-refractivity contribution in [2.24, 2.45) is 0 Å². The Hall–Kier alpha value is -1.01. The number of thioether (sulfide) groups is 1. The highest BCUT2D eigenvalue weighted by atomic mass is 32.2. The highest BCUT2D eigenvalue weighted by molar-refractivity contribution is 8.01. The summed E-state index contributed by atoms with van der Waals surface area (Å²) in [4.78, 5) is 14.0. The van der Waals surface area contributed by atoms with Crippen LogP contribution in [0.25, 0.3) is 0 Å². The van der Waals surface area contributed by atoms with E-state index in [2.05, 4.69) is 27.2 Å². The van der Waals surface area contributed by atoms with E-state index < -0.39 is 10.0 Å². The predicted molar refractivity (Wildman–Crippen MR) is 109 cm³/mol. The number of sulfonamides is 1. The van der Waals surface area contributed by atoms with Gasteiger partial charge in [0.1, 0.15) is 0 Å². The van der Waals surface area contributed by atoms with Crippen LogP contribution in [-0.2, 0) is 16.4 Å². The third-order valence-corrected chi connectivity index (χ3v) is 7.14. The fourth-order valence-electron chi connectivity index (χ4n) is 1.93. The monoisotopic (exact) mass is 434 g/mol. The topological polar surface area (TPSA) is 101 Å². The molecule has 2 rings (SSSR count). The molecule has 0 aliphatic carbocycles. The van der Waals surface area contributed by atoms with Gasteiger partial charge in [-0.25, -0.2) is 13.1 Å². The first-order valence-electron chi connectivity index (χ1n) is 8.14. The number of hydrogen-bond donors (Lipinski definition) is 2. The summed E-state index contributed by atoms with van der Waals surface area (Å²) >= 11 is 4.24. The van der Waals surface area contributed by atoms with Crippen LogP contribution in [0, 0.1) is 0 Å². The van der Waals surface area contributed by atoms with Crippen LogP contribution in [0.1, 0.15) is 34.3 Å². The minimum atomic E-state index is -3.18. The molecular weight excluding hydrogens is 412 g/mol. The molecule has 0 unspecified atom stereocenters. The van der Waals surface area contributed by atoms with Gasteiger partial charge >= 0.3 is 0 Å². The summed E-state index contributed by atoms with van der Waals surface area (Å²) in [6.07, 6.45) is 3.91. The molecule has 2 aromatic rings. The number of hydrogen-bond acceptors (Lipinski definition) is 9. The lowest BCUT2D eigenvalue weighted by Gasteiger charge is -1.99. The molecule has 2 N–H and O–H groups in total. The van der Waals surface area contributed by atoms with E-state index in [-0.39, 0.29) is 5.78 Å². The standard InChI is InChI=1S/C15H22N4O3S4/c1-3-4-8-16-14-18-19-15(25-14)23-10-12(20)13-6-5-11(24-13)7-9-17-26(2,21)22/h5-6,17H,3-4,7-10H2,1-2H3,(H,16,18). The minimum Gasteiger partial charge on any atom is -0.360 e. The zero-order valence-corrected chi connectivity index (χ0v) is 17.9. The normalized spacial score (nSPS) is 11.6. The molecule has 0 radical (unpaired) electrons. The molecule has 26 heavy (non-hydrogen) atoms. The molecule has 0 aromatic carbocycles. The van der Waals surface area contributed by atoms with E-state index in [1.807, 2.05) is 6.07 Å². The van der Waals surface area contributed by atoms with Crippen molar-refractivity contribution in [1.29, 1.82) is 0 Å². The summed E-state index contributed by atoms with van der Waals surface area (Å²) in [5, 5.41) is 12.2. The van der Waals surface area contributed by atoms with E-state index in [0.717, 1.165) is 40.0 Å². The average Bonchev–Trinajstić information content (AvgIpc) is 3.21. The molecule has 0 atom stereocenters. The van der Waals surface area contributed by atoms with E-state index in [4.69, 9.17) is 0 Å². The maximum Gasteiger partial charge on any atom is 0.208 e. The van der Waals surface area contributed by atoms with Crippen molar-refractivity contribution in [2.75, 3.05) is 30.4 Å². The SMILES string of the molecule is CCCCNc1nnc(SCC(=O)c2ccc(CCNS(C)(=O)=O)s2)s1. The van der Waals surface area contributed by atoms with Crippen LogP contribution in [-0.4, -0.2) is 49.5 Å². The fourth-order valence-corrected chi connectivity index (χ4v) is 5.10. The Labute approximate surface area is 166 Å². The van der Waals surface area contributed by atoms with Crippen molar-refractivity contribution in [2.45, 2.75) is 30.5 Å². The molecule has 0 saturated heterocycles. The first-order valence-corrected chi connectivity index (χ1v) is 12.6. The van der Waals surface area contributed by atoms with Gasteiger partial charge in [-0.1, -0.05) is 36.4 Å². The zero-order valence-electron chi connectivity index (χ0n) is 14.6. The lowest BCUT2D eigenvalue weighted by Crippen LogP contribution is -2.23. The van der Waals surface area contributed by atoms with Crippen LogP contribution in [0.15, 0.2) is 16.5 Å². The molecule has 2 aromatic heterocycles. The molecule has 11 heteroatoms. The van der Waals surface area contributed by atoms with Gasteiger partial charge in [-0.3, -0.25) is 4.79 Å². The Balaban J connectivity index is 1.77. The van der Waals surface area contributed by atoms with Gasteiger partial charge in [0.25, 0.3) is 0 Å². The lowest BCUT2D eigenvalue weighted by molar-refractivity contribution is 0.102. The molecule has 144 valence electrons. The van der Waals surface area contributed by atoms with E-state index in [0.29, 0.717) is 23.6 Å².